The molecule has 1 aromatic rings. The summed E-state index contributed by atoms with van der Waals surface area (Å²) in [5, 5.41) is 3.20. The van der Waals surface area contributed by atoms with Crippen LogP contribution in [0.25, 0.3) is 0 Å². The Bertz CT molecular complexity index is 340. The van der Waals surface area contributed by atoms with Crippen molar-refractivity contribution < 1.29 is 9.53 Å². The van der Waals surface area contributed by atoms with E-state index in [1.54, 1.807) is 0 Å². The second-order valence-electron chi connectivity index (χ2n) is 3.46. The van der Waals surface area contributed by atoms with E-state index in [2.05, 4.69) is 5.32 Å². The van der Waals surface area contributed by atoms with Crippen molar-refractivity contribution in [1.82, 2.24) is 0 Å². The smallest absolute Gasteiger partial charge is 0.305 e. The Hall–Kier alpha value is -1.71. The number of nitrogens with two attached hydrogens (primary N) is 1. The minimum absolute atomic E-state index is 0.142. The summed E-state index contributed by atoms with van der Waals surface area (Å²) in [6, 6.07) is 7.54. The zero-order valence-electron chi connectivity index (χ0n) is 9.53. The lowest BCUT2D eigenvalue weighted by Gasteiger charge is -2.06. The van der Waals surface area contributed by atoms with Gasteiger partial charge in [0.15, 0.2) is 0 Å². The van der Waals surface area contributed by atoms with Crippen molar-refractivity contribution in [2.45, 2.75) is 19.8 Å². The largest absolute Gasteiger partial charge is 0.466 e. The molecule has 16 heavy (non-hydrogen) atoms. The first-order chi connectivity index (χ1) is 7.72. The molecule has 0 aliphatic heterocycles. The van der Waals surface area contributed by atoms with Gasteiger partial charge in [-0.05, 0) is 31.5 Å². The number of hydrogen-bond donors (Lipinski definition) is 2. The molecule has 0 aliphatic rings. The van der Waals surface area contributed by atoms with Crippen LogP contribution in [0.15, 0.2) is 24.3 Å². The minimum atomic E-state index is -0.142. The summed E-state index contributed by atoms with van der Waals surface area (Å²) in [6.07, 6.45) is 1.21. The molecule has 0 saturated carbocycles. The molecule has 0 aromatic heterocycles. The van der Waals surface area contributed by atoms with Gasteiger partial charge < -0.3 is 15.8 Å². The Morgan fingerprint density at radius 2 is 2.31 bits per heavy atom. The van der Waals surface area contributed by atoms with E-state index in [1.165, 1.54) is 0 Å². The Labute approximate surface area is 95.8 Å². The summed E-state index contributed by atoms with van der Waals surface area (Å²) in [4.78, 5) is 11.0. The number of nitrogens with one attached hydrogen (secondary N) is 1. The number of hydrogen-bond acceptors (Lipinski definition) is 4. The van der Waals surface area contributed by atoms with Crippen LogP contribution in [0.3, 0.4) is 0 Å². The second-order valence-corrected chi connectivity index (χ2v) is 3.46. The number of carbonyl (C=O) groups is 1. The summed E-state index contributed by atoms with van der Waals surface area (Å²) in [6.45, 7) is 2.99. The van der Waals surface area contributed by atoms with Crippen LogP contribution in [0.1, 0.15) is 19.8 Å². The normalized spacial score (nSPS) is 9.81. The third-order valence-electron chi connectivity index (χ3n) is 2.08. The quantitative estimate of drug-likeness (QED) is 0.439. The van der Waals surface area contributed by atoms with Gasteiger partial charge in [0, 0.05) is 24.3 Å². The predicted octanol–water partition coefficient (Wildman–Crippen LogP) is 2.02. The first-order valence-corrected chi connectivity index (χ1v) is 5.47. The fourth-order valence-corrected chi connectivity index (χ4v) is 1.35. The highest BCUT2D eigenvalue weighted by atomic mass is 16.5. The standard InChI is InChI=1S/C12H18N2O2/c1-2-16-12(15)7-4-8-14-11-6-3-5-10(13)9-11/h3,5-6,9,14H,2,4,7-8,13H2,1H3. The first kappa shape index (κ1) is 12.4. The molecule has 88 valence electrons. The van der Waals surface area contributed by atoms with Gasteiger partial charge in [-0.25, -0.2) is 0 Å². The lowest BCUT2D eigenvalue weighted by molar-refractivity contribution is -0.143. The van der Waals surface area contributed by atoms with E-state index in [0.29, 0.717) is 13.0 Å². The van der Waals surface area contributed by atoms with E-state index in [4.69, 9.17) is 10.5 Å². The highest BCUT2D eigenvalue weighted by Gasteiger charge is 2.00. The summed E-state index contributed by atoms with van der Waals surface area (Å²) >= 11 is 0. The van der Waals surface area contributed by atoms with Crippen LogP contribution in [-0.4, -0.2) is 19.1 Å². The predicted molar refractivity (Wildman–Crippen MR) is 65.2 cm³/mol. The monoisotopic (exact) mass is 222 g/mol. The van der Waals surface area contributed by atoms with Crippen molar-refractivity contribution in [3.63, 3.8) is 0 Å². The fourth-order valence-electron chi connectivity index (χ4n) is 1.35. The van der Waals surface area contributed by atoms with Crippen LogP contribution in [0.2, 0.25) is 0 Å². The Balaban J connectivity index is 2.18. The van der Waals surface area contributed by atoms with Gasteiger partial charge in [0.25, 0.3) is 0 Å². The van der Waals surface area contributed by atoms with E-state index in [9.17, 15) is 4.79 Å². The van der Waals surface area contributed by atoms with Gasteiger partial charge in [-0.3, -0.25) is 4.79 Å². The highest BCUT2D eigenvalue weighted by Crippen LogP contribution is 2.11. The van der Waals surface area contributed by atoms with Crippen LogP contribution >= 0.6 is 0 Å². The topological polar surface area (TPSA) is 64.3 Å². The molecule has 4 nitrogen and oxygen atoms in total. The van der Waals surface area contributed by atoms with Crippen molar-refractivity contribution >= 4 is 17.3 Å². The van der Waals surface area contributed by atoms with Gasteiger partial charge in [0.05, 0.1) is 6.61 Å². The van der Waals surface area contributed by atoms with Crippen LogP contribution in [0.4, 0.5) is 11.4 Å². The zero-order valence-corrected chi connectivity index (χ0v) is 9.53. The molecule has 0 aliphatic carbocycles. The molecule has 0 unspecified atom stereocenters. The average molecular weight is 222 g/mol. The lowest BCUT2D eigenvalue weighted by Crippen LogP contribution is -2.08. The van der Waals surface area contributed by atoms with Crippen molar-refractivity contribution in [3.8, 4) is 0 Å². The Morgan fingerprint density at radius 3 is 3.00 bits per heavy atom. The van der Waals surface area contributed by atoms with Crippen LogP contribution < -0.4 is 11.1 Å². The van der Waals surface area contributed by atoms with Crippen molar-refractivity contribution in [3.05, 3.63) is 24.3 Å². The SMILES string of the molecule is CCOC(=O)CCCNc1cccc(N)c1. The molecular weight excluding hydrogens is 204 g/mol. The van der Waals surface area contributed by atoms with Gasteiger partial charge in [-0.2, -0.15) is 0 Å². The van der Waals surface area contributed by atoms with E-state index in [-0.39, 0.29) is 5.97 Å². The molecule has 3 N–H and O–H groups in total. The molecule has 0 spiro atoms. The van der Waals surface area contributed by atoms with Crippen molar-refractivity contribution in [2.75, 3.05) is 24.2 Å². The number of ether oxygens (including phenoxy) is 1. The van der Waals surface area contributed by atoms with E-state index >= 15 is 0 Å². The van der Waals surface area contributed by atoms with Gasteiger partial charge in [0.2, 0.25) is 0 Å². The van der Waals surface area contributed by atoms with Crippen molar-refractivity contribution in [1.29, 1.82) is 0 Å². The maximum Gasteiger partial charge on any atom is 0.305 e. The average Bonchev–Trinajstić information content (AvgIpc) is 2.25. The number of anilines is 2. The summed E-state index contributed by atoms with van der Waals surface area (Å²) < 4.78 is 4.83. The number of esters is 1. The van der Waals surface area contributed by atoms with Gasteiger partial charge >= 0.3 is 5.97 Å². The molecule has 0 radical (unpaired) electrons. The molecule has 0 atom stereocenters. The maximum absolute atomic E-state index is 11.0. The zero-order chi connectivity index (χ0) is 11.8. The van der Waals surface area contributed by atoms with Crippen LogP contribution in [0.5, 0.6) is 0 Å². The lowest BCUT2D eigenvalue weighted by atomic mass is 10.2. The summed E-state index contributed by atoms with van der Waals surface area (Å²) in [7, 11) is 0. The molecule has 0 saturated heterocycles. The third-order valence-corrected chi connectivity index (χ3v) is 2.08. The molecule has 1 rings (SSSR count). The molecule has 0 heterocycles. The Morgan fingerprint density at radius 1 is 1.50 bits per heavy atom. The van der Waals surface area contributed by atoms with E-state index < -0.39 is 0 Å². The summed E-state index contributed by atoms with van der Waals surface area (Å²) in [5.41, 5.74) is 7.34. The van der Waals surface area contributed by atoms with E-state index in [0.717, 1.165) is 24.3 Å². The molecule has 0 fully saturated rings. The number of benzene rings is 1. The van der Waals surface area contributed by atoms with Gasteiger partial charge in [-0.15, -0.1) is 0 Å². The Kier molecular flexibility index (Phi) is 5.19. The van der Waals surface area contributed by atoms with Crippen molar-refractivity contribution in [2.24, 2.45) is 0 Å². The second kappa shape index (κ2) is 6.71. The fraction of sp³-hybridized carbons (Fsp3) is 0.417. The van der Waals surface area contributed by atoms with E-state index in [1.807, 2.05) is 31.2 Å². The molecule has 4 heteroatoms. The van der Waals surface area contributed by atoms with Crippen LogP contribution in [-0.2, 0) is 9.53 Å². The van der Waals surface area contributed by atoms with Gasteiger partial charge in [-0.1, -0.05) is 6.07 Å². The molecule has 1 aromatic carbocycles. The summed E-state index contributed by atoms with van der Waals surface area (Å²) in [5.74, 6) is -0.142. The third kappa shape index (κ3) is 4.68. The first-order valence-electron chi connectivity index (χ1n) is 5.47. The van der Waals surface area contributed by atoms with Crippen LogP contribution in [0, 0.1) is 0 Å². The number of carbonyl (C=O) groups excluding carboxylic acids is 1. The number of nitrogen functional groups attached to an aromatic ring is 1. The molecule has 0 bridgehead atoms. The maximum atomic E-state index is 11.0. The molecule has 0 amide bonds. The minimum Gasteiger partial charge on any atom is -0.466 e. The number of rotatable bonds is 6. The highest BCUT2D eigenvalue weighted by molar-refractivity contribution is 5.69. The molecular formula is C12H18N2O2. The van der Waals surface area contributed by atoms with Gasteiger partial charge in [0.1, 0.15) is 0 Å².